The maximum atomic E-state index is 15.4. The summed E-state index contributed by atoms with van der Waals surface area (Å²) >= 11 is 1.97. The van der Waals surface area contributed by atoms with Gasteiger partial charge in [0, 0.05) is 40.4 Å². The van der Waals surface area contributed by atoms with Crippen molar-refractivity contribution in [2.24, 2.45) is 7.05 Å². The first-order chi connectivity index (χ1) is 19.1. The Hall–Kier alpha value is -2.70. The number of rotatable bonds is 11. The number of aliphatic hydroxyl groups is 1. The van der Waals surface area contributed by atoms with E-state index in [0.29, 0.717) is 16.4 Å². The molecule has 1 atom stereocenters. The first-order valence-electron chi connectivity index (χ1n) is 12.6. The van der Waals surface area contributed by atoms with E-state index in [4.69, 9.17) is 4.84 Å². The van der Waals surface area contributed by atoms with Crippen LogP contribution in [0.25, 0.3) is 0 Å². The van der Waals surface area contributed by atoms with Gasteiger partial charge in [0.15, 0.2) is 17.9 Å². The molecule has 11 nitrogen and oxygen atoms in total. The molecule has 5 N–H and O–H groups in total. The van der Waals surface area contributed by atoms with Crippen LogP contribution in [0.4, 0.5) is 26.1 Å². The van der Waals surface area contributed by atoms with Crippen molar-refractivity contribution in [3.05, 3.63) is 78.8 Å². The monoisotopic (exact) mass is 704 g/mol. The Morgan fingerprint density at radius 2 is 1.90 bits per heavy atom. The Labute approximate surface area is 250 Å². The summed E-state index contributed by atoms with van der Waals surface area (Å²) in [5, 5.41) is 13.9. The van der Waals surface area contributed by atoms with E-state index in [2.05, 4.69) is 25.2 Å². The molecular formula is C26H31F2IN6O5S. The highest BCUT2D eigenvalue weighted by atomic mass is 127. The van der Waals surface area contributed by atoms with Crippen molar-refractivity contribution >= 4 is 50.1 Å². The summed E-state index contributed by atoms with van der Waals surface area (Å²) in [5.41, 5.74) is 1.54. The molecule has 3 aromatic rings. The molecule has 0 spiro atoms. The molecular weight excluding hydrogens is 673 g/mol. The lowest BCUT2D eigenvalue weighted by molar-refractivity contribution is -0.131. The lowest BCUT2D eigenvalue weighted by Crippen LogP contribution is -2.34. The standard InChI is InChI=1S/C26H31F2IN6O5S/c1-26(2,3)40-32-24(36)18-12-15(25(37)35(4)23(18)31-20-8-5-16(29)13-19(20)27)11-14-9-10-30-22(21(14)28)34-41(38,39)33-17-6-7-17/h5,8-10,12-13,17,24,31-33,36H,6-7,11H2,1-4H3,(H,30,34). The Kier molecular flexibility index (Phi) is 9.35. The van der Waals surface area contributed by atoms with Gasteiger partial charge in [0.1, 0.15) is 11.6 Å². The van der Waals surface area contributed by atoms with E-state index in [9.17, 15) is 22.7 Å². The summed E-state index contributed by atoms with van der Waals surface area (Å²) in [6.45, 7) is 5.28. The highest BCUT2D eigenvalue weighted by Crippen LogP contribution is 2.29. The van der Waals surface area contributed by atoms with E-state index in [0.717, 1.165) is 0 Å². The number of hydrogen-bond donors (Lipinski definition) is 5. The van der Waals surface area contributed by atoms with Crippen LogP contribution in [-0.2, 0) is 28.5 Å². The normalized spacial score (nSPS) is 14.6. The number of benzene rings is 1. The van der Waals surface area contributed by atoms with Crippen LogP contribution in [0.2, 0.25) is 0 Å². The van der Waals surface area contributed by atoms with Crippen molar-refractivity contribution in [2.45, 2.75) is 57.9 Å². The van der Waals surface area contributed by atoms with Crippen molar-refractivity contribution < 1.29 is 27.1 Å². The van der Waals surface area contributed by atoms with Crippen LogP contribution >= 0.6 is 22.6 Å². The fourth-order valence-electron chi connectivity index (χ4n) is 3.81. The van der Waals surface area contributed by atoms with Gasteiger partial charge < -0.3 is 10.4 Å². The van der Waals surface area contributed by atoms with Gasteiger partial charge in [-0.3, -0.25) is 18.9 Å². The second kappa shape index (κ2) is 12.3. The van der Waals surface area contributed by atoms with Gasteiger partial charge in [-0.05, 0) is 92.1 Å². The molecule has 1 aromatic carbocycles. The minimum Gasteiger partial charge on any atom is -0.372 e. The largest absolute Gasteiger partial charge is 0.372 e. The molecule has 1 fully saturated rings. The molecule has 1 saturated carbocycles. The van der Waals surface area contributed by atoms with Crippen molar-refractivity contribution in [2.75, 3.05) is 10.0 Å². The van der Waals surface area contributed by atoms with Crippen LogP contribution in [0.15, 0.2) is 41.3 Å². The van der Waals surface area contributed by atoms with Gasteiger partial charge in [0.05, 0.1) is 11.3 Å². The molecule has 41 heavy (non-hydrogen) atoms. The van der Waals surface area contributed by atoms with Gasteiger partial charge >= 0.3 is 10.2 Å². The lowest BCUT2D eigenvalue weighted by Gasteiger charge is -2.25. The molecule has 1 aliphatic rings. The molecule has 1 unspecified atom stereocenters. The van der Waals surface area contributed by atoms with Crippen molar-refractivity contribution in [3.8, 4) is 0 Å². The number of aromatic nitrogens is 2. The predicted octanol–water partition coefficient (Wildman–Crippen LogP) is 3.72. The summed E-state index contributed by atoms with van der Waals surface area (Å²) in [7, 11) is -2.62. The number of hydroxylamine groups is 1. The Morgan fingerprint density at radius 1 is 1.20 bits per heavy atom. The smallest absolute Gasteiger partial charge is 0.300 e. The van der Waals surface area contributed by atoms with Gasteiger partial charge in [-0.15, -0.1) is 0 Å². The molecule has 4 rings (SSSR count). The zero-order valence-electron chi connectivity index (χ0n) is 22.8. The van der Waals surface area contributed by atoms with Crippen molar-refractivity contribution in [1.29, 1.82) is 0 Å². The third kappa shape index (κ3) is 8.20. The van der Waals surface area contributed by atoms with Crippen LogP contribution in [-0.4, -0.2) is 34.7 Å². The SMILES string of the molecule is Cn1c(Nc2ccc(I)cc2F)c(C(O)NOC(C)(C)C)cc(Cc2ccnc(NS(=O)(=O)NC3CC3)c2F)c1=O. The molecule has 222 valence electrons. The fraction of sp³-hybridized carbons (Fsp3) is 0.385. The number of anilines is 3. The van der Waals surface area contributed by atoms with E-state index < -0.39 is 45.0 Å². The van der Waals surface area contributed by atoms with E-state index >= 15 is 4.39 Å². The molecule has 0 amide bonds. The van der Waals surface area contributed by atoms with Gasteiger partial charge in [0.2, 0.25) is 0 Å². The van der Waals surface area contributed by atoms with Gasteiger partial charge in [-0.25, -0.2) is 13.8 Å². The van der Waals surface area contributed by atoms with E-state index in [-0.39, 0.29) is 40.7 Å². The summed E-state index contributed by atoms with van der Waals surface area (Å²) < 4.78 is 61.0. The number of nitrogens with zero attached hydrogens (tertiary/aromatic N) is 2. The zero-order valence-corrected chi connectivity index (χ0v) is 25.7. The average Bonchev–Trinajstić information content (AvgIpc) is 3.68. The molecule has 2 heterocycles. The molecule has 0 bridgehead atoms. The average molecular weight is 705 g/mol. The van der Waals surface area contributed by atoms with Crippen molar-refractivity contribution in [3.63, 3.8) is 0 Å². The number of pyridine rings is 2. The highest BCUT2D eigenvalue weighted by molar-refractivity contribution is 14.1. The number of nitrogens with one attached hydrogen (secondary N) is 4. The van der Waals surface area contributed by atoms with Crippen LogP contribution in [0.3, 0.4) is 0 Å². The molecule has 0 aliphatic heterocycles. The Morgan fingerprint density at radius 3 is 2.54 bits per heavy atom. The van der Waals surface area contributed by atoms with Crippen LogP contribution in [0, 0.1) is 15.2 Å². The third-order valence-corrected chi connectivity index (χ3v) is 7.73. The fourth-order valence-corrected chi connectivity index (χ4v) is 5.39. The van der Waals surface area contributed by atoms with Crippen LogP contribution in [0.5, 0.6) is 0 Å². The molecule has 1 aliphatic carbocycles. The minimum atomic E-state index is -4.04. The van der Waals surface area contributed by atoms with E-state index in [1.165, 1.54) is 42.1 Å². The molecule has 0 saturated heterocycles. The van der Waals surface area contributed by atoms with E-state index in [1.54, 1.807) is 26.8 Å². The first kappa shape index (κ1) is 31.2. The molecule has 15 heteroatoms. The summed E-state index contributed by atoms with van der Waals surface area (Å²) in [6.07, 6.45) is 0.884. The van der Waals surface area contributed by atoms with Gasteiger partial charge in [0.25, 0.3) is 5.56 Å². The third-order valence-electron chi connectivity index (χ3n) is 5.95. The summed E-state index contributed by atoms with van der Waals surface area (Å²) in [5.74, 6) is -1.96. The van der Waals surface area contributed by atoms with Gasteiger partial charge in [-0.2, -0.15) is 18.6 Å². The maximum absolute atomic E-state index is 15.4. The van der Waals surface area contributed by atoms with Crippen molar-refractivity contribution in [1.82, 2.24) is 19.8 Å². The maximum Gasteiger partial charge on any atom is 0.300 e. The molecule has 0 radical (unpaired) electrons. The number of hydrogen-bond acceptors (Lipinski definition) is 8. The Balaban J connectivity index is 1.71. The predicted molar refractivity (Wildman–Crippen MR) is 159 cm³/mol. The summed E-state index contributed by atoms with van der Waals surface area (Å²) in [6, 6.07) is 6.97. The first-order valence-corrected chi connectivity index (χ1v) is 15.2. The summed E-state index contributed by atoms with van der Waals surface area (Å²) in [4.78, 5) is 22.7. The Bertz CT molecular complexity index is 1610. The second-order valence-corrected chi connectivity index (χ2v) is 13.3. The second-order valence-electron chi connectivity index (χ2n) is 10.6. The topological polar surface area (TPSA) is 147 Å². The zero-order chi connectivity index (χ0) is 30.1. The highest BCUT2D eigenvalue weighted by Gasteiger charge is 2.28. The number of aliphatic hydroxyl groups excluding tert-OH is 1. The minimum absolute atomic E-state index is 0.00930. The van der Waals surface area contributed by atoms with E-state index in [1.807, 2.05) is 22.6 Å². The van der Waals surface area contributed by atoms with Crippen LogP contribution < -0.4 is 25.8 Å². The van der Waals surface area contributed by atoms with Crippen LogP contribution in [0.1, 0.15) is 56.5 Å². The van der Waals surface area contributed by atoms with Gasteiger partial charge in [-0.1, -0.05) is 0 Å². The lowest BCUT2D eigenvalue weighted by atomic mass is 10.0. The molecule has 2 aromatic heterocycles. The quantitative estimate of drug-likeness (QED) is 0.115. The number of halogens is 3.